The number of Topliss-reactive ketones (excluding diaryl/α,β-unsaturated/α-hetero) is 1. The van der Waals surface area contributed by atoms with E-state index in [1.807, 2.05) is 12.1 Å². The number of rotatable bonds is 3. The maximum atomic E-state index is 12.2. The molecule has 1 aromatic carbocycles. The monoisotopic (exact) mass is 230 g/mol. The second-order valence-corrected chi connectivity index (χ2v) is 5.18. The molecule has 0 bridgehead atoms. The minimum Gasteiger partial charge on any atom is -0.381 e. The first kappa shape index (κ1) is 11.0. The Bertz CT molecular complexity index is 415. The molecule has 0 radical (unpaired) electrons. The van der Waals surface area contributed by atoms with Crippen molar-refractivity contribution in [1.29, 1.82) is 0 Å². The standard InChI is InChI=1S/C15H18O2/c16-15(14-7-8-17-10-14)13-6-2-5-12(9-13)11-3-1-4-11/h2,5-6,9,11,14H,1,3-4,7-8,10H2. The highest BCUT2D eigenvalue weighted by molar-refractivity contribution is 5.98. The summed E-state index contributed by atoms with van der Waals surface area (Å²) >= 11 is 0. The summed E-state index contributed by atoms with van der Waals surface area (Å²) in [5.74, 6) is 1.05. The van der Waals surface area contributed by atoms with Crippen LogP contribution in [-0.2, 0) is 4.74 Å². The summed E-state index contributed by atoms with van der Waals surface area (Å²) in [6.07, 6.45) is 4.78. The van der Waals surface area contributed by atoms with Gasteiger partial charge in [0.25, 0.3) is 0 Å². The van der Waals surface area contributed by atoms with Gasteiger partial charge in [-0.2, -0.15) is 0 Å². The molecule has 0 N–H and O–H groups in total. The number of hydrogen-bond acceptors (Lipinski definition) is 2. The number of carbonyl (C=O) groups is 1. The summed E-state index contributed by atoms with van der Waals surface area (Å²) in [5.41, 5.74) is 2.23. The van der Waals surface area contributed by atoms with Gasteiger partial charge in [0.1, 0.15) is 0 Å². The molecule has 2 fully saturated rings. The van der Waals surface area contributed by atoms with Gasteiger partial charge in [-0.15, -0.1) is 0 Å². The molecule has 0 spiro atoms. The van der Waals surface area contributed by atoms with Crippen LogP contribution >= 0.6 is 0 Å². The van der Waals surface area contributed by atoms with Crippen LogP contribution in [-0.4, -0.2) is 19.0 Å². The molecule has 1 atom stereocenters. The zero-order valence-corrected chi connectivity index (χ0v) is 10.0. The van der Waals surface area contributed by atoms with E-state index in [0.29, 0.717) is 12.5 Å². The number of ether oxygens (including phenoxy) is 1. The second-order valence-electron chi connectivity index (χ2n) is 5.18. The van der Waals surface area contributed by atoms with Crippen molar-refractivity contribution in [2.24, 2.45) is 5.92 Å². The van der Waals surface area contributed by atoms with Crippen LogP contribution in [0.15, 0.2) is 24.3 Å². The molecule has 0 amide bonds. The Kier molecular flexibility index (Phi) is 2.98. The van der Waals surface area contributed by atoms with E-state index in [-0.39, 0.29) is 11.7 Å². The van der Waals surface area contributed by atoms with Gasteiger partial charge in [0.05, 0.1) is 6.61 Å². The van der Waals surface area contributed by atoms with Crippen LogP contribution in [0.3, 0.4) is 0 Å². The molecule has 3 rings (SSSR count). The molecule has 1 aliphatic heterocycles. The lowest BCUT2D eigenvalue weighted by Gasteiger charge is -2.26. The van der Waals surface area contributed by atoms with Gasteiger partial charge in [-0.05, 0) is 36.8 Å². The van der Waals surface area contributed by atoms with E-state index in [0.717, 1.165) is 18.6 Å². The van der Waals surface area contributed by atoms with Crippen molar-refractivity contribution in [3.05, 3.63) is 35.4 Å². The molecule has 1 aliphatic carbocycles. The number of carbonyl (C=O) groups excluding carboxylic acids is 1. The molecule has 90 valence electrons. The fourth-order valence-electron chi connectivity index (χ4n) is 2.66. The van der Waals surface area contributed by atoms with E-state index in [1.54, 1.807) is 0 Å². The fourth-order valence-corrected chi connectivity index (χ4v) is 2.66. The summed E-state index contributed by atoms with van der Waals surface area (Å²) in [6, 6.07) is 8.23. The minimum absolute atomic E-state index is 0.0895. The predicted octanol–water partition coefficient (Wildman–Crippen LogP) is 3.17. The van der Waals surface area contributed by atoms with Gasteiger partial charge in [0.15, 0.2) is 5.78 Å². The maximum absolute atomic E-state index is 12.2. The van der Waals surface area contributed by atoms with Gasteiger partial charge in [-0.1, -0.05) is 24.6 Å². The molecular weight excluding hydrogens is 212 g/mol. The Hall–Kier alpha value is -1.15. The molecule has 17 heavy (non-hydrogen) atoms. The summed E-state index contributed by atoms with van der Waals surface area (Å²) in [4.78, 5) is 12.2. The van der Waals surface area contributed by atoms with E-state index >= 15 is 0 Å². The summed E-state index contributed by atoms with van der Waals surface area (Å²) in [7, 11) is 0. The Morgan fingerprint density at radius 2 is 2.12 bits per heavy atom. The number of ketones is 1. The topological polar surface area (TPSA) is 26.3 Å². The normalized spacial score (nSPS) is 24.6. The second kappa shape index (κ2) is 4.61. The lowest BCUT2D eigenvalue weighted by molar-refractivity contribution is 0.0900. The highest BCUT2D eigenvalue weighted by Crippen LogP contribution is 2.36. The third-order valence-electron chi connectivity index (χ3n) is 4.05. The van der Waals surface area contributed by atoms with Gasteiger partial charge in [0.2, 0.25) is 0 Å². The maximum Gasteiger partial charge on any atom is 0.168 e. The first-order chi connectivity index (χ1) is 8.34. The van der Waals surface area contributed by atoms with Crippen LogP contribution in [0, 0.1) is 5.92 Å². The SMILES string of the molecule is O=C(c1cccc(C2CCC2)c1)C1CCOC1. The van der Waals surface area contributed by atoms with Crippen LogP contribution in [0.1, 0.15) is 47.5 Å². The van der Waals surface area contributed by atoms with Gasteiger partial charge in [-0.3, -0.25) is 4.79 Å². The first-order valence-corrected chi connectivity index (χ1v) is 6.56. The molecule has 2 heteroatoms. The lowest BCUT2D eigenvalue weighted by Crippen LogP contribution is -2.16. The van der Waals surface area contributed by atoms with Crippen molar-refractivity contribution in [1.82, 2.24) is 0 Å². The molecule has 1 aromatic rings. The van der Waals surface area contributed by atoms with Crippen LogP contribution in [0.4, 0.5) is 0 Å². The van der Waals surface area contributed by atoms with E-state index in [2.05, 4.69) is 12.1 Å². The Morgan fingerprint density at radius 3 is 2.76 bits per heavy atom. The molecule has 1 saturated carbocycles. The van der Waals surface area contributed by atoms with Crippen LogP contribution in [0.2, 0.25) is 0 Å². The van der Waals surface area contributed by atoms with Crippen LogP contribution in [0.25, 0.3) is 0 Å². The predicted molar refractivity (Wildman–Crippen MR) is 66.3 cm³/mol. The van der Waals surface area contributed by atoms with E-state index < -0.39 is 0 Å². The average Bonchev–Trinajstić information content (AvgIpc) is 2.79. The third-order valence-corrected chi connectivity index (χ3v) is 4.05. The van der Waals surface area contributed by atoms with Crippen LogP contribution < -0.4 is 0 Å². The van der Waals surface area contributed by atoms with Crippen molar-refractivity contribution >= 4 is 5.78 Å². The number of benzene rings is 1. The molecule has 1 unspecified atom stereocenters. The van der Waals surface area contributed by atoms with Crippen molar-refractivity contribution in [2.75, 3.05) is 13.2 Å². The van der Waals surface area contributed by atoms with Crippen molar-refractivity contribution < 1.29 is 9.53 Å². The molecular formula is C15H18O2. The van der Waals surface area contributed by atoms with Crippen LogP contribution in [0.5, 0.6) is 0 Å². The summed E-state index contributed by atoms with van der Waals surface area (Å²) in [6.45, 7) is 1.34. The third kappa shape index (κ3) is 2.14. The zero-order valence-electron chi connectivity index (χ0n) is 10.0. The Balaban J connectivity index is 1.79. The van der Waals surface area contributed by atoms with E-state index in [1.165, 1.54) is 24.8 Å². The smallest absolute Gasteiger partial charge is 0.168 e. The quantitative estimate of drug-likeness (QED) is 0.745. The highest BCUT2D eigenvalue weighted by atomic mass is 16.5. The van der Waals surface area contributed by atoms with Gasteiger partial charge < -0.3 is 4.74 Å². The summed E-state index contributed by atoms with van der Waals surface area (Å²) < 4.78 is 5.29. The van der Waals surface area contributed by atoms with E-state index in [4.69, 9.17) is 4.74 Å². The lowest BCUT2D eigenvalue weighted by atomic mass is 9.79. The fraction of sp³-hybridized carbons (Fsp3) is 0.533. The Morgan fingerprint density at radius 1 is 1.24 bits per heavy atom. The molecule has 1 heterocycles. The largest absolute Gasteiger partial charge is 0.381 e. The first-order valence-electron chi connectivity index (χ1n) is 6.56. The minimum atomic E-state index is 0.0895. The van der Waals surface area contributed by atoms with Gasteiger partial charge in [0, 0.05) is 18.1 Å². The number of hydrogen-bond donors (Lipinski definition) is 0. The van der Waals surface area contributed by atoms with Crippen molar-refractivity contribution in [3.63, 3.8) is 0 Å². The molecule has 0 aromatic heterocycles. The zero-order chi connectivity index (χ0) is 11.7. The van der Waals surface area contributed by atoms with E-state index in [9.17, 15) is 4.79 Å². The van der Waals surface area contributed by atoms with Crippen molar-refractivity contribution in [3.8, 4) is 0 Å². The van der Waals surface area contributed by atoms with Gasteiger partial charge >= 0.3 is 0 Å². The molecule has 2 nitrogen and oxygen atoms in total. The summed E-state index contributed by atoms with van der Waals surface area (Å²) in [5, 5.41) is 0. The average molecular weight is 230 g/mol. The molecule has 1 saturated heterocycles. The molecule has 2 aliphatic rings. The Labute approximate surface area is 102 Å². The van der Waals surface area contributed by atoms with Crippen molar-refractivity contribution in [2.45, 2.75) is 31.6 Å². The highest BCUT2D eigenvalue weighted by Gasteiger charge is 2.26. The van der Waals surface area contributed by atoms with Gasteiger partial charge in [-0.25, -0.2) is 0 Å².